The smallest absolute Gasteiger partial charge is 0.0863 e. The van der Waals surface area contributed by atoms with E-state index in [9.17, 15) is 15.3 Å². The highest BCUT2D eigenvalue weighted by Crippen LogP contribution is 2.64. The second kappa shape index (κ2) is 5.29. The van der Waals surface area contributed by atoms with E-state index in [1.54, 1.807) is 0 Å². The Labute approximate surface area is 144 Å². The molecule has 0 amide bonds. The van der Waals surface area contributed by atoms with Crippen molar-refractivity contribution < 1.29 is 20.1 Å². The maximum absolute atomic E-state index is 10.9. The van der Waals surface area contributed by atoms with E-state index in [-0.39, 0.29) is 28.8 Å². The van der Waals surface area contributed by atoms with Gasteiger partial charge in [-0.3, -0.25) is 0 Å². The van der Waals surface area contributed by atoms with Crippen LogP contribution >= 0.6 is 0 Å². The van der Waals surface area contributed by atoms with Gasteiger partial charge < -0.3 is 20.1 Å². The molecule has 2 fully saturated rings. The molecule has 2 saturated carbocycles. The van der Waals surface area contributed by atoms with Crippen molar-refractivity contribution in [3.8, 4) is 0 Å². The lowest BCUT2D eigenvalue weighted by atomic mass is 9.66. The molecule has 4 rings (SSSR count). The summed E-state index contributed by atoms with van der Waals surface area (Å²) in [5, 5.41) is 32.2. The third kappa shape index (κ3) is 2.00. The highest BCUT2D eigenvalue weighted by atomic mass is 16.5. The number of aliphatic hydroxyl groups is 3. The highest BCUT2D eigenvalue weighted by molar-refractivity contribution is 5.38. The molecule has 24 heavy (non-hydrogen) atoms. The van der Waals surface area contributed by atoms with Crippen LogP contribution in [0.15, 0.2) is 11.1 Å². The molecule has 0 spiro atoms. The summed E-state index contributed by atoms with van der Waals surface area (Å²) in [5.41, 5.74) is 2.25. The second-order valence-corrected chi connectivity index (χ2v) is 9.57. The number of rotatable bonds is 1. The number of ether oxygens (including phenoxy) is 1. The molecule has 4 nitrogen and oxygen atoms in total. The molecule has 3 N–H and O–H groups in total. The predicted octanol–water partition coefficient (Wildman–Crippen LogP) is 2.27. The normalized spacial score (nSPS) is 54.0. The number of hydrogen-bond donors (Lipinski definition) is 3. The summed E-state index contributed by atoms with van der Waals surface area (Å²) >= 11 is 0. The molecule has 0 unspecified atom stereocenters. The lowest BCUT2D eigenvalue weighted by Gasteiger charge is -2.40. The van der Waals surface area contributed by atoms with E-state index >= 15 is 0 Å². The van der Waals surface area contributed by atoms with Crippen molar-refractivity contribution in [3.05, 3.63) is 11.1 Å². The van der Waals surface area contributed by atoms with Crippen LogP contribution in [0.4, 0.5) is 0 Å². The average Bonchev–Trinajstić information content (AvgIpc) is 2.99. The summed E-state index contributed by atoms with van der Waals surface area (Å²) in [6.07, 6.45) is 1.86. The molecule has 1 heterocycles. The summed E-state index contributed by atoms with van der Waals surface area (Å²) in [4.78, 5) is 0. The van der Waals surface area contributed by atoms with Crippen LogP contribution in [0.25, 0.3) is 0 Å². The average molecular weight is 336 g/mol. The first kappa shape index (κ1) is 17.0. The zero-order valence-electron chi connectivity index (χ0n) is 15.3. The Bertz CT molecular complexity index is 570. The molecule has 3 aliphatic carbocycles. The van der Waals surface area contributed by atoms with Gasteiger partial charge in [0.1, 0.15) is 0 Å². The van der Waals surface area contributed by atoms with Crippen molar-refractivity contribution in [1.29, 1.82) is 0 Å². The molecule has 136 valence electrons. The van der Waals surface area contributed by atoms with Gasteiger partial charge in [0.15, 0.2) is 0 Å². The quantitative estimate of drug-likeness (QED) is 0.643. The molecule has 0 aromatic heterocycles. The fourth-order valence-corrected chi connectivity index (χ4v) is 6.82. The molecule has 0 aromatic rings. The first-order valence-electron chi connectivity index (χ1n) is 9.60. The van der Waals surface area contributed by atoms with E-state index in [1.165, 1.54) is 5.57 Å². The van der Waals surface area contributed by atoms with Crippen LogP contribution in [0.3, 0.4) is 0 Å². The van der Waals surface area contributed by atoms with Crippen molar-refractivity contribution in [2.45, 2.75) is 77.8 Å². The van der Waals surface area contributed by atoms with Gasteiger partial charge in [-0.15, -0.1) is 0 Å². The van der Waals surface area contributed by atoms with E-state index in [0.29, 0.717) is 12.5 Å². The molecular weight excluding hydrogens is 304 g/mol. The topological polar surface area (TPSA) is 69.9 Å². The predicted molar refractivity (Wildman–Crippen MR) is 91.3 cm³/mol. The largest absolute Gasteiger partial charge is 0.390 e. The summed E-state index contributed by atoms with van der Waals surface area (Å²) in [6, 6.07) is 0. The lowest BCUT2D eigenvalue weighted by molar-refractivity contribution is -0.0436. The van der Waals surface area contributed by atoms with Crippen molar-refractivity contribution in [2.24, 2.45) is 28.6 Å². The monoisotopic (exact) mass is 336 g/mol. The molecular formula is C20H32O4. The molecule has 1 aliphatic heterocycles. The Morgan fingerprint density at radius 3 is 2.42 bits per heavy atom. The first-order valence-corrected chi connectivity index (χ1v) is 9.60. The standard InChI is InChI=1S/C20H32O4/c1-10(2)13-16(22)17(23)15-18-14-11(9-24-18)12(21)5-6-19(14,3)7-8-20(13,15)4/h10,12-13,15-18,21-23H,5-9H2,1-4H3/t12-,13-,15+,16+,17-,18-,19-,20+/m0/s1. The summed E-state index contributed by atoms with van der Waals surface area (Å²) in [6.45, 7) is 9.35. The molecule has 0 radical (unpaired) electrons. The van der Waals surface area contributed by atoms with Gasteiger partial charge in [0.25, 0.3) is 0 Å². The Hall–Kier alpha value is -0.420. The number of hydrogen-bond acceptors (Lipinski definition) is 4. The van der Waals surface area contributed by atoms with Gasteiger partial charge in [0.05, 0.1) is 31.0 Å². The van der Waals surface area contributed by atoms with Gasteiger partial charge in [0, 0.05) is 5.92 Å². The van der Waals surface area contributed by atoms with Gasteiger partial charge in [-0.2, -0.15) is 0 Å². The third-order valence-corrected chi connectivity index (χ3v) is 7.94. The molecule has 4 heteroatoms. The fourth-order valence-electron chi connectivity index (χ4n) is 6.82. The van der Waals surface area contributed by atoms with Gasteiger partial charge >= 0.3 is 0 Å². The van der Waals surface area contributed by atoms with Gasteiger partial charge in [-0.05, 0) is 59.5 Å². The highest BCUT2D eigenvalue weighted by Gasteiger charge is 2.64. The van der Waals surface area contributed by atoms with Crippen LogP contribution in [-0.2, 0) is 4.74 Å². The third-order valence-electron chi connectivity index (χ3n) is 7.94. The maximum atomic E-state index is 10.9. The first-order chi connectivity index (χ1) is 11.2. The zero-order valence-corrected chi connectivity index (χ0v) is 15.3. The summed E-state index contributed by atoms with van der Waals surface area (Å²) in [5.74, 6) is 0.317. The van der Waals surface area contributed by atoms with Crippen molar-refractivity contribution in [2.75, 3.05) is 6.61 Å². The van der Waals surface area contributed by atoms with Crippen LogP contribution in [-0.4, -0.2) is 46.3 Å². The van der Waals surface area contributed by atoms with E-state index in [2.05, 4.69) is 27.7 Å². The van der Waals surface area contributed by atoms with Crippen LogP contribution in [0, 0.1) is 28.6 Å². The van der Waals surface area contributed by atoms with Crippen molar-refractivity contribution in [3.63, 3.8) is 0 Å². The SMILES string of the molecule is CC(C)[C@H]1[C@@H](O)[C@@H](O)[C@@H]2[C@H]3OCC4=C3[C@@](C)(CC[C@@H]4O)CC[C@@]21C. The van der Waals surface area contributed by atoms with Gasteiger partial charge in [-0.25, -0.2) is 0 Å². The number of fused-ring (bicyclic) bond motifs is 2. The Kier molecular flexibility index (Phi) is 3.75. The minimum atomic E-state index is -0.749. The molecule has 4 aliphatic rings. The van der Waals surface area contributed by atoms with Gasteiger partial charge in [-0.1, -0.05) is 27.7 Å². The van der Waals surface area contributed by atoms with Crippen molar-refractivity contribution >= 4 is 0 Å². The van der Waals surface area contributed by atoms with Crippen molar-refractivity contribution in [1.82, 2.24) is 0 Å². The second-order valence-electron chi connectivity index (χ2n) is 9.57. The summed E-state index contributed by atoms with van der Waals surface area (Å²) < 4.78 is 6.21. The van der Waals surface area contributed by atoms with E-state index in [0.717, 1.165) is 31.3 Å². The maximum Gasteiger partial charge on any atom is 0.0863 e. The zero-order chi connectivity index (χ0) is 17.4. The Morgan fingerprint density at radius 1 is 1.04 bits per heavy atom. The summed E-state index contributed by atoms with van der Waals surface area (Å²) in [7, 11) is 0. The molecule has 8 atom stereocenters. The molecule has 0 aromatic carbocycles. The minimum Gasteiger partial charge on any atom is -0.390 e. The fraction of sp³-hybridized carbons (Fsp3) is 0.900. The molecule has 0 bridgehead atoms. The van der Waals surface area contributed by atoms with E-state index in [4.69, 9.17) is 4.74 Å². The van der Waals surface area contributed by atoms with Crippen LogP contribution in [0.5, 0.6) is 0 Å². The number of aliphatic hydroxyl groups excluding tert-OH is 3. The van der Waals surface area contributed by atoms with E-state index < -0.39 is 18.3 Å². The molecule has 0 saturated heterocycles. The van der Waals surface area contributed by atoms with E-state index in [1.807, 2.05) is 0 Å². The Balaban J connectivity index is 1.85. The van der Waals surface area contributed by atoms with Gasteiger partial charge in [0.2, 0.25) is 0 Å². The Morgan fingerprint density at radius 2 is 1.75 bits per heavy atom. The lowest BCUT2D eigenvalue weighted by Crippen LogP contribution is -2.41. The van der Waals surface area contributed by atoms with Crippen LogP contribution < -0.4 is 0 Å². The minimum absolute atomic E-state index is 0.0648. The van der Waals surface area contributed by atoms with Crippen LogP contribution in [0.2, 0.25) is 0 Å². The van der Waals surface area contributed by atoms with Crippen LogP contribution in [0.1, 0.15) is 53.4 Å².